The summed E-state index contributed by atoms with van der Waals surface area (Å²) in [6.07, 6.45) is 3.72. The number of nitrogens with one attached hydrogen (secondary N) is 1. The van der Waals surface area contributed by atoms with Gasteiger partial charge >= 0.3 is 0 Å². The summed E-state index contributed by atoms with van der Waals surface area (Å²) in [6, 6.07) is 5.21. The SMILES string of the molecule is Cc1cnn(CCNC(=O)c2ccc(Br)cc2N)c1. The van der Waals surface area contributed by atoms with E-state index in [2.05, 4.69) is 26.3 Å². The summed E-state index contributed by atoms with van der Waals surface area (Å²) >= 11 is 3.31. The largest absolute Gasteiger partial charge is 0.398 e. The number of benzene rings is 1. The number of hydrogen-bond acceptors (Lipinski definition) is 3. The van der Waals surface area contributed by atoms with Crippen molar-refractivity contribution >= 4 is 27.5 Å². The molecular formula is C13H15BrN4O. The summed E-state index contributed by atoms with van der Waals surface area (Å²) in [6.45, 7) is 3.12. The maximum Gasteiger partial charge on any atom is 0.253 e. The van der Waals surface area contributed by atoms with Crippen LogP contribution in [0.3, 0.4) is 0 Å². The van der Waals surface area contributed by atoms with Crippen LogP contribution >= 0.6 is 15.9 Å². The maximum absolute atomic E-state index is 11.9. The number of rotatable bonds is 4. The lowest BCUT2D eigenvalue weighted by molar-refractivity contribution is 0.0953. The van der Waals surface area contributed by atoms with Crippen LogP contribution in [0.15, 0.2) is 35.1 Å². The normalized spacial score (nSPS) is 10.4. The molecular weight excluding hydrogens is 308 g/mol. The second-order valence-corrected chi connectivity index (χ2v) is 5.18. The molecule has 1 amide bonds. The molecule has 0 atom stereocenters. The highest BCUT2D eigenvalue weighted by molar-refractivity contribution is 9.10. The van der Waals surface area contributed by atoms with Crippen molar-refractivity contribution in [3.63, 3.8) is 0 Å². The summed E-state index contributed by atoms with van der Waals surface area (Å²) in [5.41, 5.74) is 7.85. The van der Waals surface area contributed by atoms with Crippen LogP contribution in [0, 0.1) is 6.92 Å². The van der Waals surface area contributed by atoms with Crippen molar-refractivity contribution in [1.82, 2.24) is 15.1 Å². The zero-order valence-electron chi connectivity index (χ0n) is 10.6. The van der Waals surface area contributed by atoms with Crippen molar-refractivity contribution in [2.24, 2.45) is 0 Å². The van der Waals surface area contributed by atoms with Crippen molar-refractivity contribution in [1.29, 1.82) is 0 Å². The van der Waals surface area contributed by atoms with Gasteiger partial charge in [0.05, 0.1) is 18.3 Å². The predicted molar refractivity (Wildman–Crippen MR) is 77.9 cm³/mol. The minimum atomic E-state index is -0.172. The van der Waals surface area contributed by atoms with Gasteiger partial charge in [0.1, 0.15) is 0 Å². The average Bonchev–Trinajstić information content (AvgIpc) is 2.75. The molecule has 5 nitrogen and oxygen atoms in total. The predicted octanol–water partition coefficient (Wildman–Crippen LogP) is 1.97. The molecule has 1 aromatic carbocycles. The van der Waals surface area contributed by atoms with Crippen molar-refractivity contribution in [3.05, 3.63) is 46.2 Å². The van der Waals surface area contributed by atoms with Crippen LogP contribution in [0.1, 0.15) is 15.9 Å². The van der Waals surface area contributed by atoms with Crippen molar-refractivity contribution in [2.45, 2.75) is 13.5 Å². The van der Waals surface area contributed by atoms with Gasteiger partial charge in [0.2, 0.25) is 0 Å². The molecule has 0 aliphatic heterocycles. The molecule has 1 aromatic heterocycles. The molecule has 19 heavy (non-hydrogen) atoms. The molecule has 0 radical (unpaired) electrons. The number of carbonyl (C=O) groups is 1. The number of anilines is 1. The number of nitrogens with zero attached hydrogens (tertiary/aromatic N) is 2. The summed E-state index contributed by atoms with van der Waals surface area (Å²) in [5, 5.41) is 6.97. The molecule has 0 bridgehead atoms. The Balaban J connectivity index is 1.90. The van der Waals surface area contributed by atoms with Gasteiger partial charge in [-0.05, 0) is 30.7 Å². The number of amides is 1. The molecule has 0 saturated heterocycles. The Bertz CT molecular complexity index is 594. The van der Waals surface area contributed by atoms with Gasteiger partial charge in [-0.1, -0.05) is 15.9 Å². The van der Waals surface area contributed by atoms with Gasteiger partial charge in [0.15, 0.2) is 0 Å². The molecule has 0 aliphatic carbocycles. The number of aryl methyl sites for hydroxylation is 1. The second-order valence-electron chi connectivity index (χ2n) is 4.27. The van der Waals surface area contributed by atoms with Gasteiger partial charge in [-0.3, -0.25) is 9.48 Å². The van der Waals surface area contributed by atoms with Crippen LogP contribution in [0.2, 0.25) is 0 Å². The zero-order chi connectivity index (χ0) is 13.8. The molecule has 6 heteroatoms. The Morgan fingerprint density at radius 3 is 2.95 bits per heavy atom. The third-order valence-electron chi connectivity index (χ3n) is 2.65. The van der Waals surface area contributed by atoms with Crippen LogP contribution in [-0.4, -0.2) is 22.2 Å². The van der Waals surface area contributed by atoms with Crippen LogP contribution in [-0.2, 0) is 6.54 Å². The van der Waals surface area contributed by atoms with Crippen LogP contribution in [0.5, 0.6) is 0 Å². The number of halogens is 1. The van der Waals surface area contributed by atoms with E-state index < -0.39 is 0 Å². The minimum absolute atomic E-state index is 0.172. The lowest BCUT2D eigenvalue weighted by atomic mass is 10.1. The molecule has 3 N–H and O–H groups in total. The summed E-state index contributed by atoms with van der Waals surface area (Å²) in [7, 11) is 0. The number of nitrogens with two attached hydrogens (primary N) is 1. The Kier molecular flexibility index (Phi) is 4.21. The average molecular weight is 323 g/mol. The fraction of sp³-hybridized carbons (Fsp3) is 0.231. The quantitative estimate of drug-likeness (QED) is 0.845. The minimum Gasteiger partial charge on any atom is -0.398 e. The van der Waals surface area contributed by atoms with Crippen molar-refractivity contribution < 1.29 is 4.79 Å². The van der Waals surface area contributed by atoms with Gasteiger partial charge in [0, 0.05) is 22.9 Å². The molecule has 0 saturated carbocycles. The van der Waals surface area contributed by atoms with Gasteiger partial charge < -0.3 is 11.1 Å². The summed E-state index contributed by atoms with van der Waals surface area (Å²) < 4.78 is 2.65. The smallest absolute Gasteiger partial charge is 0.253 e. The fourth-order valence-corrected chi connectivity index (χ4v) is 2.09. The highest BCUT2D eigenvalue weighted by atomic mass is 79.9. The van der Waals surface area contributed by atoms with E-state index in [1.165, 1.54) is 0 Å². The first-order chi connectivity index (χ1) is 9.06. The van der Waals surface area contributed by atoms with E-state index in [0.29, 0.717) is 24.3 Å². The first-order valence-corrected chi connectivity index (χ1v) is 6.68. The maximum atomic E-state index is 11.9. The lowest BCUT2D eigenvalue weighted by Crippen LogP contribution is -2.28. The Morgan fingerprint density at radius 1 is 1.53 bits per heavy atom. The van der Waals surface area contributed by atoms with Crippen LogP contribution in [0.4, 0.5) is 5.69 Å². The van der Waals surface area contributed by atoms with Crippen molar-refractivity contribution in [3.8, 4) is 0 Å². The van der Waals surface area contributed by atoms with E-state index in [4.69, 9.17) is 5.73 Å². The van der Waals surface area contributed by atoms with Crippen LogP contribution < -0.4 is 11.1 Å². The van der Waals surface area contributed by atoms with E-state index in [0.717, 1.165) is 10.0 Å². The van der Waals surface area contributed by atoms with E-state index in [1.807, 2.05) is 13.1 Å². The summed E-state index contributed by atoms with van der Waals surface area (Å²) in [4.78, 5) is 11.9. The molecule has 100 valence electrons. The molecule has 0 aliphatic rings. The first kappa shape index (κ1) is 13.6. The molecule has 2 rings (SSSR count). The zero-order valence-corrected chi connectivity index (χ0v) is 12.1. The third kappa shape index (κ3) is 3.57. The van der Waals surface area contributed by atoms with E-state index in [9.17, 15) is 4.79 Å². The lowest BCUT2D eigenvalue weighted by Gasteiger charge is -2.08. The second kappa shape index (κ2) is 5.88. The summed E-state index contributed by atoms with van der Waals surface area (Å²) in [5.74, 6) is -0.172. The fourth-order valence-electron chi connectivity index (χ4n) is 1.71. The number of hydrogen-bond donors (Lipinski definition) is 2. The topological polar surface area (TPSA) is 72.9 Å². The van der Waals surface area contributed by atoms with Gasteiger partial charge in [-0.15, -0.1) is 0 Å². The van der Waals surface area contributed by atoms with E-state index in [1.54, 1.807) is 29.1 Å². The molecule has 0 spiro atoms. The standard InChI is InChI=1S/C13H15BrN4O/c1-9-7-17-18(8-9)5-4-16-13(19)11-3-2-10(14)6-12(11)15/h2-3,6-8H,4-5,15H2,1H3,(H,16,19). The van der Waals surface area contributed by atoms with Gasteiger partial charge in [-0.2, -0.15) is 5.10 Å². The Labute approximate surface area is 119 Å². The van der Waals surface area contributed by atoms with E-state index in [-0.39, 0.29) is 5.91 Å². The molecule has 0 fully saturated rings. The Morgan fingerprint density at radius 2 is 2.32 bits per heavy atom. The van der Waals surface area contributed by atoms with Crippen molar-refractivity contribution in [2.75, 3.05) is 12.3 Å². The highest BCUT2D eigenvalue weighted by Crippen LogP contribution is 2.18. The molecule has 2 aromatic rings. The van der Waals surface area contributed by atoms with Gasteiger partial charge in [-0.25, -0.2) is 0 Å². The first-order valence-electron chi connectivity index (χ1n) is 5.88. The third-order valence-corrected chi connectivity index (χ3v) is 3.14. The Hall–Kier alpha value is -1.82. The number of nitrogen functional groups attached to an aromatic ring is 1. The number of aromatic nitrogens is 2. The molecule has 0 unspecified atom stereocenters. The van der Waals surface area contributed by atoms with Gasteiger partial charge in [0.25, 0.3) is 5.91 Å². The highest BCUT2D eigenvalue weighted by Gasteiger charge is 2.09. The van der Waals surface area contributed by atoms with Crippen LogP contribution in [0.25, 0.3) is 0 Å². The van der Waals surface area contributed by atoms with E-state index >= 15 is 0 Å². The monoisotopic (exact) mass is 322 g/mol. The molecule has 1 heterocycles. The number of carbonyl (C=O) groups excluding carboxylic acids is 1.